The molecule has 0 radical (unpaired) electrons. The fraction of sp³-hybridized carbons (Fsp3) is 0.444. The molecule has 98 valence electrons. The maximum Gasteiger partial charge on any atom is 0.471 e. The number of aromatic amines is 1. The number of H-pyrrole nitrogens is 1. The van der Waals surface area contributed by atoms with Crippen LogP contribution in [0, 0.1) is 0 Å². The van der Waals surface area contributed by atoms with Crippen LogP contribution in [-0.4, -0.2) is 44.6 Å². The molecule has 0 atom stereocenters. The molecular formula is C9H8F3N3O3. The molecule has 0 saturated heterocycles. The first kappa shape index (κ1) is 12.4. The third-order valence-electron chi connectivity index (χ3n) is 2.56. The number of carboxylic acid groups (broad SMARTS) is 1. The lowest BCUT2D eigenvalue weighted by Crippen LogP contribution is -2.43. The number of rotatable bonds is 1. The van der Waals surface area contributed by atoms with Crippen LogP contribution in [0.3, 0.4) is 0 Å². The van der Waals surface area contributed by atoms with Crippen molar-refractivity contribution in [2.45, 2.75) is 19.1 Å². The van der Waals surface area contributed by atoms with E-state index in [1.165, 1.54) is 0 Å². The Bertz CT molecular complexity index is 509. The highest BCUT2D eigenvalue weighted by Gasteiger charge is 2.43. The summed E-state index contributed by atoms with van der Waals surface area (Å²) in [6, 6.07) is 0. The van der Waals surface area contributed by atoms with Gasteiger partial charge in [0.1, 0.15) is 0 Å². The van der Waals surface area contributed by atoms with Crippen LogP contribution in [-0.2, 0) is 17.8 Å². The highest BCUT2D eigenvalue weighted by molar-refractivity contribution is 5.84. The van der Waals surface area contributed by atoms with Gasteiger partial charge in [-0.25, -0.2) is 9.78 Å². The fourth-order valence-corrected chi connectivity index (χ4v) is 1.75. The SMILES string of the molecule is O=C(O)c1nc2c([nH]1)CN(C(=O)C(F)(F)F)CC2. The molecule has 0 bridgehead atoms. The normalized spacial score (nSPS) is 15.4. The summed E-state index contributed by atoms with van der Waals surface area (Å²) >= 11 is 0. The van der Waals surface area contributed by atoms with Crippen molar-refractivity contribution in [3.05, 3.63) is 17.2 Å². The quantitative estimate of drug-likeness (QED) is 0.774. The van der Waals surface area contributed by atoms with Gasteiger partial charge >= 0.3 is 18.1 Å². The molecule has 0 aliphatic carbocycles. The molecule has 1 aromatic heterocycles. The number of carboxylic acids is 1. The highest BCUT2D eigenvalue weighted by Crippen LogP contribution is 2.23. The minimum atomic E-state index is -4.92. The molecule has 2 heterocycles. The molecule has 0 spiro atoms. The standard InChI is InChI=1S/C9H8F3N3O3/c10-9(11,12)8(18)15-2-1-4-5(3-15)14-6(13-4)7(16)17/h1-3H2,(H,13,14)(H,16,17). The van der Waals surface area contributed by atoms with Crippen molar-refractivity contribution < 1.29 is 27.9 Å². The predicted molar refractivity (Wildman–Crippen MR) is 50.7 cm³/mol. The van der Waals surface area contributed by atoms with E-state index in [0.29, 0.717) is 10.6 Å². The van der Waals surface area contributed by atoms with Gasteiger partial charge in [-0.2, -0.15) is 13.2 Å². The van der Waals surface area contributed by atoms with Crippen molar-refractivity contribution in [3.63, 3.8) is 0 Å². The van der Waals surface area contributed by atoms with Gasteiger partial charge < -0.3 is 15.0 Å². The first-order chi connectivity index (χ1) is 8.29. The van der Waals surface area contributed by atoms with Crippen LogP contribution >= 0.6 is 0 Å². The summed E-state index contributed by atoms with van der Waals surface area (Å²) in [7, 11) is 0. The van der Waals surface area contributed by atoms with Gasteiger partial charge in [0, 0.05) is 13.0 Å². The minimum absolute atomic E-state index is 0.0981. The Morgan fingerprint density at radius 2 is 2.06 bits per heavy atom. The predicted octanol–water partition coefficient (Wildman–Crippen LogP) is 0.555. The summed E-state index contributed by atoms with van der Waals surface area (Å²) in [5, 5.41) is 8.68. The van der Waals surface area contributed by atoms with Crippen molar-refractivity contribution in [2.75, 3.05) is 6.54 Å². The summed E-state index contributed by atoms with van der Waals surface area (Å²) in [4.78, 5) is 28.4. The van der Waals surface area contributed by atoms with E-state index in [2.05, 4.69) is 9.97 Å². The van der Waals surface area contributed by atoms with E-state index in [1.54, 1.807) is 0 Å². The molecule has 0 fully saturated rings. The van der Waals surface area contributed by atoms with Crippen LogP contribution in [0.1, 0.15) is 22.0 Å². The Hall–Kier alpha value is -2.06. The average molecular weight is 263 g/mol. The van der Waals surface area contributed by atoms with E-state index in [0.717, 1.165) is 0 Å². The number of hydrogen-bond acceptors (Lipinski definition) is 3. The Balaban J connectivity index is 2.20. The second-order valence-electron chi connectivity index (χ2n) is 3.79. The van der Waals surface area contributed by atoms with Crippen molar-refractivity contribution in [3.8, 4) is 0 Å². The topological polar surface area (TPSA) is 86.3 Å². The van der Waals surface area contributed by atoms with Gasteiger partial charge in [0.25, 0.3) is 0 Å². The molecule has 0 saturated carbocycles. The summed E-state index contributed by atoms with van der Waals surface area (Å²) < 4.78 is 36.7. The van der Waals surface area contributed by atoms with Gasteiger partial charge in [-0.1, -0.05) is 0 Å². The number of nitrogens with one attached hydrogen (secondary N) is 1. The molecule has 18 heavy (non-hydrogen) atoms. The lowest BCUT2D eigenvalue weighted by molar-refractivity contribution is -0.186. The van der Waals surface area contributed by atoms with E-state index in [9.17, 15) is 22.8 Å². The molecule has 1 aromatic rings. The van der Waals surface area contributed by atoms with Crippen LogP contribution in [0.5, 0.6) is 0 Å². The molecule has 2 N–H and O–H groups in total. The zero-order valence-corrected chi connectivity index (χ0v) is 8.91. The molecule has 1 aliphatic rings. The maximum absolute atomic E-state index is 12.2. The summed E-state index contributed by atoms with van der Waals surface area (Å²) in [5.74, 6) is -3.56. The number of aromatic nitrogens is 2. The van der Waals surface area contributed by atoms with E-state index in [4.69, 9.17) is 5.11 Å². The Morgan fingerprint density at radius 3 is 2.61 bits per heavy atom. The summed E-state index contributed by atoms with van der Waals surface area (Å²) in [6.45, 7) is -0.441. The first-order valence-corrected chi connectivity index (χ1v) is 4.96. The fourth-order valence-electron chi connectivity index (χ4n) is 1.75. The second-order valence-corrected chi connectivity index (χ2v) is 3.79. The number of fused-ring (bicyclic) bond motifs is 1. The first-order valence-electron chi connectivity index (χ1n) is 4.96. The Kier molecular flexibility index (Phi) is 2.76. The van der Waals surface area contributed by atoms with E-state index < -0.39 is 18.1 Å². The smallest absolute Gasteiger partial charge is 0.471 e. The van der Waals surface area contributed by atoms with E-state index in [-0.39, 0.29) is 31.0 Å². The third-order valence-corrected chi connectivity index (χ3v) is 2.56. The molecular weight excluding hydrogens is 255 g/mol. The molecule has 9 heteroatoms. The second kappa shape index (κ2) is 4.00. The number of carbonyl (C=O) groups is 2. The number of amides is 1. The number of halogens is 3. The molecule has 0 aromatic carbocycles. The highest BCUT2D eigenvalue weighted by atomic mass is 19.4. The number of imidazole rings is 1. The lowest BCUT2D eigenvalue weighted by Gasteiger charge is -2.26. The zero-order chi connectivity index (χ0) is 13.5. The third kappa shape index (κ3) is 2.15. The van der Waals surface area contributed by atoms with Crippen LogP contribution in [0.2, 0.25) is 0 Å². The number of nitrogens with zero attached hydrogens (tertiary/aromatic N) is 2. The van der Waals surface area contributed by atoms with E-state index in [1.807, 2.05) is 0 Å². The molecule has 2 rings (SSSR count). The van der Waals surface area contributed by atoms with Gasteiger partial charge in [0.15, 0.2) is 0 Å². The molecule has 6 nitrogen and oxygen atoms in total. The van der Waals surface area contributed by atoms with Gasteiger partial charge in [-0.3, -0.25) is 4.79 Å². The maximum atomic E-state index is 12.2. The molecule has 1 aliphatic heterocycles. The van der Waals surface area contributed by atoms with Crippen molar-refractivity contribution in [1.29, 1.82) is 0 Å². The van der Waals surface area contributed by atoms with Gasteiger partial charge in [-0.05, 0) is 0 Å². The van der Waals surface area contributed by atoms with Gasteiger partial charge in [0.2, 0.25) is 5.82 Å². The van der Waals surface area contributed by atoms with Crippen LogP contribution < -0.4 is 0 Å². The Morgan fingerprint density at radius 1 is 1.39 bits per heavy atom. The summed E-state index contributed by atoms with van der Waals surface area (Å²) in [6.07, 6.45) is -4.83. The van der Waals surface area contributed by atoms with Crippen LogP contribution in [0.25, 0.3) is 0 Å². The lowest BCUT2D eigenvalue weighted by atomic mass is 10.1. The monoisotopic (exact) mass is 263 g/mol. The minimum Gasteiger partial charge on any atom is -0.475 e. The van der Waals surface area contributed by atoms with Crippen LogP contribution in [0.15, 0.2) is 0 Å². The molecule has 0 unspecified atom stereocenters. The zero-order valence-electron chi connectivity index (χ0n) is 8.91. The largest absolute Gasteiger partial charge is 0.475 e. The van der Waals surface area contributed by atoms with Crippen molar-refractivity contribution in [1.82, 2.24) is 14.9 Å². The average Bonchev–Trinajstić information content (AvgIpc) is 2.69. The summed E-state index contributed by atoms with van der Waals surface area (Å²) in [5.41, 5.74) is 0.620. The van der Waals surface area contributed by atoms with Crippen molar-refractivity contribution >= 4 is 11.9 Å². The molecule has 1 amide bonds. The Labute approximate surface area is 98.4 Å². The number of aromatic carboxylic acids is 1. The van der Waals surface area contributed by atoms with Gasteiger partial charge in [0.05, 0.1) is 17.9 Å². The van der Waals surface area contributed by atoms with E-state index >= 15 is 0 Å². The van der Waals surface area contributed by atoms with Gasteiger partial charge in [-0.15, -0.1) is 0 Å². The number of carbonyl (C=O) groups excluding carboxylic acids is 1. The van der Waals surface area contributed by atoms with Crippen LogP contribution in [0.4, 0.5) is 13.2 Å². The number of alkyl halides is 3. The number of hydrogen-bond donors (Lipinski definition) is 2. The van der Waals surface area contributed by atoms with Crippen molar-refractivity contribution in [2.24, 2.45) is 0 Å².